The summed E-state index contributed by atoms with van der Waals surface area (Å²) in [5, 5.41) is 9.13. The van der Waals surface area contributed by atoms with Crippen molar-refractivity contribution >= 4 is 5.97 Å². The maximum atomic E-state index is 12.9. The summed E-state index contributed by atoms with van der Waals surface area (Å²) in [5.74, 6) is -4.07. The van der Waals surface area contributed by atoms with Crippen LogP contribution < -0.4 is 0 Å². The van der Waals surface area contributed by atoms with Crippen LogP contribution >= 0.6 is 0 Å². The van der Waals surface area contributed by atoms with E-state index in [9.17, 15) is 13.6 Å². The first-order valence-corrected chi connectivity index (χ1v) is 4.90. The molecule has 16 heavy (non-hydrogen) atoms. The van der Waals surface area contributed by atoms with Gasteiger partial charge in [0.25, 0.3) is 5.92 Å². The standard InChI is InChI=1S/C11H11F2NO2/c1-7-2-3-14-4-8(7)10(9(15)16)5-11(12,13)6-10/h2-4H,5-6H2,1H3,(H,15,16). The zero-order valence-corrected chi connectivity index (χ0v) is 8.70. The second kappa shape index (κ2) is 3.23. The third kappa shape index (κ3) is 1.47. The Morgan fingerprint density at radius 1 is 1.50 bits per heavy atom. The lowest BCUT2D eigenvalue weighted by atomic mass is 9.61. The molecule has 0 radical (unpaired) electrons. The van der Waals surface area contributed by atoms with Crippen LogP contribution in [0.2, 0.25) is 0 Å². The normalized spacial score (nSPS) is 21.2. The Morgan fingerprint density at radius 3 is 2.56 bits per heavy atom. The summed E-state index contributed by atoms with van der Waals surface area (Å²) >= 11 is 0. The molecule has 0 unspecified atom stereocenters. The summed E-state index contributed by atoms with van der Waals surface area (Å²) in [4.78, 5) is 15.0. The number of alkyl halides is 2. The monoisotopic (exact) mass is 227 g/mol. The van der Waals surface area contributed by atoms with Crippen molar-refractivity contribution in [3.05, 3.63) is 29.6 Å². The molecule has 0 aliphatic heterocycles. The molecule has 1 heterocycles. The Morgan fingerprint density at radius 2 is 2.12 bits per heavy atom. The van der Waals surface area contributed by atoms with Gasteiger partial charge >= 0.3 is 5.97 Å². The number of aliphatic carboxylic acids is 1. The van der Waals surface area contributed by atoms with Crippen molar-refractivity contribution in [1.82, 2.24) is 4.98 Å². The summed E-state index contributed by atoms with van der Waals surface area (Å²) in [7, 11) is 0. The number of aromatic nitrogens is 1. The smallest absolute Gasteiger partial charge is 0.314 e. The highest BCUT2D eigenvalue weighted by atomic mass is 19.3. The molecule has 1 aliphatic rings. The SMILES string of the molecule is Cc1ccncc1C1(C(=O)O)CC(F)(F)C1. The van der Waals surface area contributed by atoms with Crippen LogP contribution in [0.25, 0.3) is 0 Å². The molecule has 0 amide bonds. The second-order valence-electron chi connectivity index (χ2n) is 4.29. The lowest BCUT2D eigenvalue weighted by Gasteiger charge is -2.44. The average Bonchev–Trinajstić information content (AvgIpc) is 2.14. The van der Waals surface area contributed by atoms with Crippen LogP contribution in [-0.2, 0) is 10.2 Å². The van der Waals surface area contributed by atoms with E-state index in [0.29, 0.717) is 11.1 Å². The van der Waals surface area contributed by atoms with Gasteiger partial charge in [0.1, 0.15) is 5.41 Å². The van der Waals surface area contributed by atoms with Gasteiger partial charge in [0.05, 0.1) is 0 Å². The molecule has 0 bridgehead atoms. The van der Waals surface area contributed by atoms with Crippen LogP contribution in [-0.4, -0.2) is 22.0 Å². The molecule has 2 rings (SSSR count). The summed E-state index contributed by atoms with van der Waals surface area (Å²) in [6, 6.07) is 1.64. The molecule has 1 aromatic rings. The third-order valence-electron chi connectivity index (χ3n) is 3.08. The number of nitrogens with zero attached hydrogens (tertiary/aromatic N) is 1. The minimum Gasteiger partial charge on any atom is -0.481 e. The van der Waals surface area contributed by atoms with Crippen molar-refractivity contribution in [3.63, 3.8) is 0 Å². The van der Waals surface area contributed by atoms with Crippen LogP contribution in [0.4, 0.5) is 8.78 Å². The van der Waals surface area contributed by atoms with Gasteiger partial charge in [0.2, 0.25) is 0 Å². The minimum absolute atomic E-state index is 0.397. The molecular formula is C11H11F2NO2. The average molecular weight is 227 g/mol. The van der Waals surface area contributed by atoms with Gasteiger partial charge in [-0.2, -0.15) is 0 Å². The number of aryl methyl sites for hydroxylation is 1. The van der Waals surface area contributed by atoms with Crippen LogP contribution in [0.15, 0.2) is 18.5 Å². The van der Waals surface area contributed by atoms with Crippen LogP contribution in [0.3, 0.4) is 0 Å². The van der Waals surface area contributed by atoms with Gasteiger partial charge in [-0.15, -0.1) is 0 Å². The first-order chi connectivity index (χ1) is 7.37. The Kier molecular flexibility index (Phi) is 2.22. The zero-order valence-electron chi connectivity index (χ0n) is 8.70. The highest BCUT2D eigenvalue weighted by Gasteiger charge is 2.62. The molecule has 0 spiro atoms. The Balaban J connectivity index is 2.44. The fourth-order valence-corrected chi connectivity index (χ4v) is 2.25. The van der Waals surface area contributed by atoms with Crippen LogP contribution in [0.5, 0.6) is 0 Å². The number of hydrogen-bond donors (Lipinski definition) is 1. The van der Waals surface area contributed by atoms with E-state index in [-0.39, 0.29) is 0 Å². The van der Waals surface area contributed by atoms with E-state index in [0.717, 1.165) is 0 Å². The van der Waals surface area contributed by atoms with E-state index in [4.69, 9.17) is 5.11 Å². The number of hydrogen-bond acceptors (Lipinski definition) is 2. The molecule has 0 saturated heterocycles. The third-order valence-corrected chi connectivity index (χ3v) is 3.08. The number of rotatable bonds is 2. The zero-order chi connectivity index (χ0) is 12.0. The molecule has 3 nitrogen and oxygen atoms in total. The van der Waals surface area contributed by atoms with E-state index in [1.54, 1.807) is 13.0 Å². The fraction of sp³-hybridized carbons (Fsp3) is 0.455. The van der Waals surface area contributed by atoms with Gasteiger partial charge in [-0.1, -0.05) is 0 Å². The van der Waals surface area contributed by atoms with Crippen LogP contribution in [0, 0.1) is 6.92 Å². The fourth-order valence-electron chi connectivity index (χ4n) is 2.25. The van der Waals surface area contributed by atoms with E-state index in [2.05, 4.69) is 4.98 Å². The van der Waals surface area contributed by atoms with Crippen molar-refractivity contribution in [3.8, 4) is 0 Å². The first kappa shape index (κ1) is 11.0. The number of carbonyl (C=O) groups is 1. The Bertz CT molecular complexity index is 437. The van der Waals surface area contributed by atoms with E-state index in [1.807, 2.05) is 0 Å². The van der Waals surface area contributed by atoms with Gasteiger partial charge in [0.15, 0.2) is 0 Å². The summed E-state index contributed by atoms with van der Waals surface area (Å²) in [6.45, 7) is 1.71. The number of carboxylic acid groups (broad SMARTS) is 1. The van der Waals surface area contributed by atoms with E-state index < -0.39 is 30.1 Å². The van der Waals surface area contributed by atoms with Gasteiger partial charge in [0, 0.05) is 25.2 Å². The van der Waals surface area contributed by atoms with Crippen molar-refractivity contribution in [2.45, 2.75) is 31.1 Å². The van der Waals surface area contributed by atoms with Crippen LogP contribution in [0.1, 0.15) is 24.0 Å². The quantitative estimate of drug-likeness (QED) is 0.842. The minimum atomic E-state index is -2.87. The predicted molar refractivity (Wildman–Crippen MR) is 52.5 cm³/mol. The van der Waals surface area contributed by atoms with Gasteiger partial charge in [-0.25, -0.2) is 8.78 Å². The van der Waals surface area contributed by atoms with Crippen molar-refractivity contribution in [2.24, 2.45) is 0 Å². The number of pyridine rings is 1. The highest BCUT2D eigenvalue weighted by molar-refractivity contribution is 5.83. The van der Waals surface area contributed by atoms with Gasteiger partial charge < -0.3 is 5.11 Å². The van der Waals surface area contributed by atoms with E-state index in [1.165, 1.54) is 12.4 Å². The molecule has 86 valence electrons. The topological polar surface area (TPSA) is 50.2 Å². The maximum Gasteiger partial charge on any atom is 0.314 e. The lowest BCUT2D eigenvalue weighted by Crippen LogP contribution is -2.54. The van der Waals surface area contributed by atoms with Gasteiger partial charge in [-0.05, 0) is 24.1 Å². The molecule has 1 aliphatic carbocycles. The summed E-state index contributed by atoms with van der Waals surface area (Å²) < 4.78 is 25.9. The molecule has 1 fully saturated rings. The molecule has 0 aromatic carbocycles. The van der Waals surface area contributed by atoms with E-state index >= 15 is 0 Å². The summed E-state index contributed by atoms with van der Waals surface area (Å²) in [5.41, 5.74) is -0.372. The summed E-state index contributed by atoms with van der Waals surface area (Å²) in [6.07, 6.45) is 1.62. The predicted octanol–water partition coefficient (Wildman–Crippen LogP) is 2.14. The number of carboxylic acids is 1. The molecule has 1 aromatic heterocycles. The van der Waals surface area contributed by atoms with Crippen molar-refractivity contribution in [1.29, 1.82) is 0 Å². The molecule has 1 N–H and O–H groups in total. The lowest BCUT2D eigenvalue weighted by molar-refractivity contribution is -0.174. The maximum absolute atomic E-state index is 12.9. The molecule has 5 heteroatoms. The number of halogens is 2. The highest BCUT2D eigenvalue weighted by Crippen LogP contribution is 2.54. The second-order valence-corrected chi connectivity index (χ2v) is 4.29. The van der Waals surface area contributed by atoms with Crippen molar-refractivity contribution < 1.29 is 18.7 Å². The van der Waals surface area contributed by atoms with Gasteiger partial charge in [-0.3, -0.25) is 9.78 Å². The molecular weight excluding hydrogens is 216 g/mol. The van der Waals surface area contributed by atoms with Crippen molar-refractivity contribution in [2.75, 3.05) is 0 Å². The first-order valence-electron chi connectivity index (χ1n) is 4.90. The Hall–Kier alpha value is -1.52. The Labute approximate surface area is 91.1 Å². The molecule has 1 saturated carbocycles. The largest absolute Gasteiger partial charge is 0.481 e. The molecule has 0 atom stereocenters.